The zero-order valence-electron chi connectivity index (χ0n) is 15.9. The predicted molar refractivity (Wildman–Crippen MR) is 114 cm³/mol. The minimum atomic E-state index is -3.92. The van der Waals surface area contributed by atoms with Crippen molar-refractivity contribution in [1.29, 1.82) is 0 Å². The molecule has 1 amide bonds. The van der Waals surface area contributed by atoms with Crippen LogP contribution in [-0.4, -0.2) is 22.7 Å². The molecule has 30 heavy (non-hydrogen) atoms. The third-order valence-electron chi connectivity index (χ3n) is 4.13. The average molecular weight is 446 g/mol. The van der Waals surface area contributed by atoms with E-state index in [0.29, 0.717) is 5.69 Å². The van der Waals surface area contributed by atoms with Gasteiger partial charge in [-0.3, -0.25) is 9.52 Å². The number of amides is 1. The summed E-state index contributed by atoms with van der Waals surface area (Å²) in [6, 6.07) is 17.8. The van der Waals surface area contributed by atoms with Crippen LogP contribution >= 0.6 is 0 Å². The topological polar surface area (TPSA) is 135 Å². The highest BCUT2D eigenvalue weighted by Gasteiger charge is 2.17. The number of carbonyl (C=O) groups is 1. The van der Waals surface area contributed by atoms with E-state index in [1.54, 1.807) is 24.3 Å². The summed E-state index contributed by atoms with van der Waals surface area (Å²) in [5.41, 5.74) is 1.68. The van der Waals surface area contributed by atoms with Gasteiger partial charge in [-0.1, -0.05) is 29.8 Å². The fourth-order valence-corrected chi connectivity index (χ4v) is 4.26. The van der Waals surface area contributed by atoms with Gasteiger partial charge in [-0.15, -0.1) is 0 Å². The van der Waals surface area contributed by atoms with E-state index in [1.165, 1.54) is 48.5 Å². The van der Waals surface area contributed by atoms with Crippen LogP contribution in [0.25, 0.3) is 0 Å². The second kappa shape index (κ2) is 8.27. The van der Waals surface area contributed by atoms with Crippen LogP contribution in [0.2, 0.25) is 0 Å². The van der Waals surface area contributed by atoms with E-state index in [9.17, 15) is 21.6 Å². The number of sulfonamides is 2. The number of aryl methyl sites for hydroxylation is 1. The molecule has 3 rings (SSSR count). The van der Waals surface area contributed by atoms with E-state index in [2.05, 4.69) is 10.0 Å². The lowest BCUT2D eigenvalue weighted by Gasteiger charge is -2.10. The van der Waals surface area contributed by atoms with Crippen molar-refractivity contribution in [3.63, 3.8) is 0 Å². The van der Waals surface area contributed by atoms with E-state index in [4.69, 9.17) is 5.14 Å². The molecule has 0 fully saturated rings. The molecule has 0 unspecified atom stereocenters. The number of carbonyl (C=O) groups excluding carboxylic acids is 1. The number of rotatable bonds is 6. The Bertz CT molecular complexity index is 1300. The van der Waals surface area contributed by atoms with Gasteiger partial charge >= 0.3 is 0 Å². The largest absolute Gasteiger partial charge is 0.322 e. The average Bonchev–Trinajstić information content (AvgIpc) is 2.69. The van der Waals surface area contributed by atoms with Gasteiger partial charge in [0, 0.05) is 16.9 Å². The number of benzene rings is 3. The highest BCUT2D eigenvalue weighted by atomic mass is 32.2. The molecular formula is C20H19N3O5S2. The zero-order valence-corrected chi connectivity index (χ0v) is 17.5. The van der Waals surface area contributed by atoms with Crippen LogP contribution in [0.5, 0.6) is 0 Å². The minimum absolute atomic E-state index is 0.0859. The lowest BCUT2D eigenvalue weighted by atomic mass is 10.2. The summed E-state index contributed by atoms with van der Waals surface area (Å²) in [7, 11) is -7.83. The number of hydrogen-bond acceptors (Lipinski definition) is 5. The maximum Gasteiger partial charge on any atom is 0.261 e. The molecule has 3 aromatic rings. The second-order valence-corrected chi connectivity index (χ2v) is 9.77. The summed E-state index contributed by atoms with van der Waals surface area (Å²) >= 11 is 0. The van der Waals surface area contributed by atoms with Crippen molar-refractivity contribution >= 4 is 37.3 Å². The lowest BCUT2D eigenvalue weighted by Crippen LogP contribution is -2.16. The predicted octanol–water partition coefficient (Wildman–Crippen LogP) is 2.70. The van der Waals surface area contributed by atoms with E-state index in [-0.39, 0.29) is 21.0 Å². The van der Waals surface area contributed by atoms with Gasteiger partial charge in [-0.2, -0.15) is 0 Å². The Kier molecular flexibility index (Phi) is 5.92. The zero-order chi connectivity index (χ0) is 21.9. The van der Waals surface area contributed by atoms with Crippen LogP contribution in [0.3, 0.4) is 0 Å². The Hall–Kier alpha value is -3.21. The lowest BCUT2D eigenvalue weighted by molar-refractivity contribution is 0.102. The first-order valence-electron chi connectivity index (χ1n) is 8.68. The van der Waals surface area contributed by atoms with Crippen LogP contribution in [-0.2, 0) is 20.0 Å². The van der Waals surface area contributed by atoms with Crippen molar-refractivity contribution in [1.82, 2.24) is 0 Å². The first-order chi connectivity index (χ1) is 14.0. The van der Waals surface area contributed by atoms with E-state index >= 15 is 0 Å². The normalized spacial score (nSPS) is 11.7. The molecule has 156 valence electrons. The van der Waals surface area contributed by atoms with Gasteiger partial charge in [0.15, 0.2) is 0 Å². The van der Waals surface area contributed by atoms with Crippen molar-refractivity contribution < 1.29 is 21.6 Å². The van der Waals surface area contributed by atoms with Crippen molar-refractivity contribution in [3.05, 3.63) is 83.9 Å². The molecule has 0 bridgehead atoms. The number of anilines is 2. The molecule has 0 saturated heterocycles. The Balaban J connectivity index is 1.82. The van der Waals surface area contributed by atoms with Crippen LogP contribution in [0.15, 0.2) is 82.6 Å². The molecule has 0 saturated carbocycles. The minimum Gasteiger partial charge on any atom is -0.322 e. The highest BCUT2D eigenvalue weighted by Crippen LogP contribution is 2.19. The van der Waals surface area contributed by atoms with Gasteiger partial charge < -0.3 is 5.32 Å². The maximum absolute atomic E-state index is 12.7. The summed E-state index contributed by atoms with van der Waals surface area (Å²) in [5, 5.41) is 7.62. The third-order valence-corrected chi connectivity index (χ3v) is 6.42. The Morgan fingerprint density at radius 1 is 0.800 bits per heavy atom. The van der Waals surface area contributed by atoms with E-state index in [0.717, 1.165) is 5.56 Å². The summed E-state index contributed by atoms with van der Waals surface area (Å²) in [6.45, 7) is 1.89. The fraction of sp³-hybridized carbons (Fsp3) is 0.0500. The van der Waals surface area contributed by atoms with Gasteiger partial charge in [-0.25, -0.2) is 22.0 Å². The molecule has 0 aliphatic rings. The third kappa shape index (κ3) is 5.23. The summed E-state index contributed by atoms with van der Waals surface area (Å²) in [4.78, 5) is 12.3. The van der Waals surface area contributed by atoms with Crippen molar-refractivity contribution in [2.24, 2.45) is 5.14 Å². The summed E-state index contributed by atoms with van der Waals surface area (Å²) < 4.78 is 50.7. The summed E-state index contributed by atoms with van der Waals surface area (Å²) in [6.07, 6.45) is 0. The molecule has 4 N–H and O–H groups in total. The van der Waals surface area contributed by atoms with E-state index in [1.807, 2.05) is 6.92 Å². The van der Waals surface area contributed by atoms with Crippen molar-refractivity contribution in [2.75, 3.05) is 10.0 Å². The van der Waals surface area contributed by atoms with Gasteiger partial charge in [0.05, 0.1) is 9.79 Å². The molecule has 10 heteroatoms. The Labute approximate surface area is 174 Å². The second-order valence-electron chi connectivity index (χ2n) is 6.53. The van der Waals surface area contributed by atoms with Crippen LogP contribution in [0.4, 0.5) is 11.4 Å². The molecule has 0 aromatic heterocycles. The number of primary sulfonamides is 1. The first kappa shape index (κ1) is 21.5. The fourth-order valence-electron chi connectivity index (χ4n) is 2.59. The molecular weight excluding hydrogens is 426 g/mol. The standard InChI is InChI=1S/C20H19N3O5S2/c1-14-8-10-16(11-9-14)23-30(27,28)19-7-2-4-15(12-19)20(24)22-17-5-3-6-18(13-17)29(21,25)26/h2-13,23H,1H3,(H,22,24)(H2,21,25,26). The molecule has 0 spiro atoms. The first-order valence-corrected chi connectivity index (χ1v) is 11.7. The Morgan fingerprint density at radius 3 is 2.10 bits per heavy atom. The van der Waals surface area contributed by atoms with Crippen molar-refractivity contribution in [2.45, 2.75) is 16.7 Å². The van der Waals surface area contributed by atoms with Crippen LogP contribution < -0.4 is 15.2 Å². The SMILES string of the molecule is Cc1ccc(NS(=O)(=O)c2cccc(C(=O)Nc3cccc(S(N)(=O)=O)c3)c2)cc1. The molecule has 0 aliphatic heterocycles. The molecule has 8 nitrogen and oxygen atoms in total. The molecule has 0 atom stereocenters. The van der Waals surface area contributed by atoms with Gasteiger partial charge in [-0.05, 0) is 55.5 Å². The number of nitrogens with one attached hydrogen (secondary N) is 2. The van der Waals surface area contributed by atoms with Crippen molar-refractivity contribution in [3.8, 4) is 0 Å². The summed E-state index contributed by atoms with van der Waals surface area (Å²) in [5.74, 6) is -0.603. The highest BCUT2D eigenvalue weighted by molar-refractivity contribution is 7.92. The maximum atomic E-state index is 12.7. The monoisotopic (exact) mass is 445 g/mol. The Morgan fingerprint density at radius 2 is 1.43 bits per heavy atom. The van der Waals surface area contributed by atoms with Crippen LogP contribution in [0, 0.1) is 6.92 Å². The molecule has 0 radical (unpaired) electrons. The van der Waals surface area contributed by atoms with Gasteiger partial charge in [0.1, 0.15) is 0 Å². The molecule has 0 aliphatic carbocycles. The van der Waals surface area contributed by atoms with Crippen LogP contribution in [0.1, 0.15) is 15.9 Å². The van der Waals surface area contributed by atoms with Gasteiger partial charge in [0.2, 0.25) is 10.0 Å². The van der Waals surface area contributed by atoms with Gasteiger partial charge in [0.25, 0.3) is 15.9 Å². The molecule has 0 heterocycles. The number of nitrogens with two attached hydrogens (primary N) is 1. The van der Waals surface area contributed by atoms with E-state index < -0.39 is 26.0 Å². The number of hydrogen-bond donors (Lipinski definition) is 3. The molecule has 3 aromatic carbocycles. The smallest absolute Gasteiger partial charge is 0.261 e. The quantitative estimate of drug-likeness (QED) is 0.536.